The van der Waals surface area contributed by atoms with Gasteiger partial charge >= 0.3 is 16.5 Å². The van der Waals surface area contributed by atoms with Crippen molar-refractivity contribution in [3.8, 4) is 0 Å². The van der Waals surface area contributed by atoms with Crippen molar-refractivity contribution in [2.75, 3.05) is 11.5 Å². The first-order chi connectivity index (χ1) is 7.54. The van der Waals surface area contributed by atoms with Gasteiger partial charge in [0.15, 0.2) is 0 Å². The number of thioether (sulfide) groups is 2. The van der Waals surface area contributed by atoms with Crippen molar-refractivity contribution in [1.29, 1.82) is 0 Å². The second kappa shape index (κ2) is 19.3. The molecule has 0 aromatic rings. The Morgan fingerprint density at radius 3 is 1.35 bits per heavy atom. The Kier molecular flexibility index (Phi) is 26.2. The molecule has 0 atom stereocenters. The van der Waals surface area contributed by atoms with Crippen molar-refractivity contribution in [2.24, 2.45) is 0 Å². The first kappa shape index (κ1) is 23.1. The molecule has 0 aliphatic heterocycles. The van der Waals surface area contributed by atoms with E-state index in [1.54, 1.807) is 0 Å². The Labute approximate surface area is 134 Å². The van der Waals surface area contributed by atoms with E-state index in [0.717, 1.165) is 37.2 Å². The molecular weight excluding hydrogens is 339 g/mol. The largest absolute Gasteiger partial charge is 2.00 e. The number of unbranched alkanes of at least 4 members (excludes halogenated alkanes) is 2. The summed E-state index contributed by atoms with van der Waals surface area (Å²) >= 11 is 11.1. The molecule has 17 heavy (non-hydrogen) atoms. The van der Waals surface area contributed by atoms with Gasteiger partial charge in [0.2, 0.25) is 0 Å². The Bertz CT molecular complexity index is 171. The summed E-state index contributed by atoms with van der Waals surface area (Å²) in [4.78, 5) is 20.2. The number of carbonyl (C=O) groups excluding carboxylic acids is 2. The van der Waals surface area contributed by atoms with Crippen LogP contribution in [0.3, 0.4) is 0 Å². The van der Waals surface area contributed by atoms with Crippen LogP contribution in [0.1, 0.15) is 39.5 Å². The summed E-state index contributed by atoms with van der Waals surface area (Å²) < 4.78 is -0.364. The molecule has 0 heterocycles. The average Bonchev–Trinajstić information content (AvgIpc) is 2.18. The Hall–Kier alpha value is 0.974. The molecule has 104 valence electrons. The molecule has 0 N–H and O–H groups in total. The predicted octanol–water partition coefficient (Wildman–Crippen LogP) is 4.37. The van der Waals surface area contributed by atoms with Crippen LogP contribution in [0.2, 0.25) is 0 Å². The number of carbonyl (C=O) groups is 2. The van der Waals surface area contributed by atoms with E-state index in [4.69, 9.17) is 0 Å². The van der Waals surface area contributed by atoms with Crippen LogP contribution in [0.4, 0.5) is 9.59 Å². The second-order valence-corrected chi connectivity index (χ2v) is 6.30. The number of hydrogen-bond donors (Lipinski definition) is 0. The molecule has 0 aliphatic carbocycles. The standard InChI is InChI=1S/2C5H10OS2.Ni/c2*1-2-3-4-8-5(6)7;/h2*2-4H2,1H3,(H,6,7);/q;;+2/p-2. The van der Waals surface area contributed by atoms with E-state index in [1.807, 2.05) is 0 Å². The fourth-order valence-corrected chi connectivity index (χ4v) is 2.30. The van der Waals surface area contributed by atoms with Gasteiger partial charge in [-0.1, -0.05) is 26.7 Å². The smallest absolute Gasteiger partial charge is 0.730 e. The first-order valence-electron chi connectivity index (χ1n) is 5.22. The molecule has 0 bridgehead atoms. The van der Waals surface area contributed by atoms with E-state index >= 15 is 0 Å². The molecule has 0 aromatic carbocycles. The van der Waals surface area contributed by atoms with E-state index < -0.39 is 0 Å². The van der Waals surface area contributed by atoms with Crippen LogP contribution < -0.4 is 0 Å². The zero-order chi connectivity index (χ0) is 12.8. The molecule has 0 spiro atoms. The average molecular weight is 357 g/mol. The zero-order valence-electron chi connectivity index (χ0n) is 10.0. The van der Waals surface area contributed by atoms with E-state index in [-0.39, 0.29) is 25.4 Å². The Morgan fingerprint density at radius 2 is 1.18 bits per heavy atom. The van der Waals surface area contributed by atoms with Crippen molar-refractivity contribution in [1.82, 2.24) is 0 Å². The van der Waals surface area contributed by atoms with Crippen LogP contribution in [0.25, 0.3) is 0 Å². The van der Waals surface area contributed by atoms with Crippen LogP contribution in [0.15, 0.2) is 0 Å². The molecule has 0 saturated carbocycles. The van der Waals surface area contributed by atoms with Crippen LogP contribution >= 0.6 is 23.5 Å². The van der Waals surface area contributed by atoms with Crippen molar-refractivity contribution in [2.45, 2.75) is 39.5 Å². The van der Waals surface area contributed by atoms with Crippen molar-refractivity contribution in [3.05, 3.63) is 0 Å². The van der Waals surface area contributed by atoms with E-state index in [9.17, 15) is 9.59 Å². The number of hydrogen-bond acceptors (Lipinski definition) is 6. The minimum atomic E-state index is -0.182. The van der Waals surface area contributed by atoms with Gasteiger partial charge in [0.05, 0.1) is 8.89 Å². The van der Waals surface area contributed by atoms with E-state index in [0.29, 0.717) is 0 Å². The molecule has 0 aromatic heterocycles. The van der Waals surface area contributed by atoms with Gasteiger partial charge in [0.25, 0.3) is 0 Å². The second-order valence-electron chi connectivity index (χ2n) is 2.90. The third-order valence-corrected chi connectivity index (χ3v) is 3.60. The SMILES string of the molecule is CCCCSC(=O)[S-].CCCCSC(=O)[S-].[Ni+2]. The summed E-state index contributed by atoms with van der Waals surface area (Å²) in [5.74, 6) is 1.78. The molecule has 0 unspecified atom stereocenters. The fraction of sp³-hybridized carbons (Fsp3) is 0.800. The van der Waals surface area contributed by atoms with Crippen molar-refractivity contribution < 1.29 is 26.1 Å². The van der Waals surface area contributed by atoms with Gasteiger partial charge in [-0.3, -0.25) is 0 Å². The third kappa shape index (κ3) is 31.6. The minimum absolute atomic E-state index is 0. The van der Waals surface area contributed by atoms with E-state index in [2.05, 4.69) is 39.1 Å². The quantitative estimate of drug-likeness (QED) is 0.399. The van der Waals surface area contributed by atoms with Gasteiger partial charge in [-0.25, -0.2) is 0 Å². The van der Waals surface area contributed by atoms with Crippen LogP contribution in [0, 0.1) is 0 Å². The van der Waals surface area contributed by atoms with Gasteiger partial charge in [0, 0.05) is 0 Å². The molecule has 0 radical (unpaired) electrons. The molecule has 0 fully saturated rings. The molecule has 0 rings (SSSR count). The molecule has 0 amide bonds. The van der Waals surface area contributed by atoms with Gasteiger partial charge in [-0.05, 0) is 24.3 Å². The topological polar surface area (TPSA) is 34.1 Å². The molecule has 2 nitrogen and oxygen atoms in total. The molecule has 0 saturated heterocycles. The minimum Gasteiger partial charge on any atom is -0.730 e. The summed E-state index contributed by atoms with van der Waals surface area (Å²) in [7, 11) is 0. The zero-order valence-corrected chi connectivity index (χ0v) is 14.3. The summed E-state index contributed by atoms with van der Waals surface area (Å²) in [6.45, 7) is 4.18. The van der Waals surface area contributed by atoms with Crippen LogP contribution in [-0.2, 0) is 41.7 Å². The van der Waals surface area contributed by atoms with Crippen molar-refractivity contribution in [3.63, 3.8) is 0 Å². The summed E-state index contributed by atoms with van der Waals surface area (Å²) in [6.07, 6.45) is 4.45. The predicted molar refractivity (Wildman–Crippen MR) is 80.3 cm³/mol. The van der Waals surface area contributed by atoms with E-state index in [1.165, 1.54) is 23.5 Å². The summed E-state index contributed by atoms with van der Waals surface area (Å²) in [5, 5.41) is 0. The van der Waals surface area contributed by atoms with Gasteiger partial charge in [-0.2, -0.15) is 0 Å². The monoisotopic (exact) mass is 356 g/mol. The van der Waals surface area contributed by atoms with Crippen LogP contribution in [-0.4, -0.2) is 20.4 Å². The molecular formula is C10H18NiO2S4. The first-order valence-corrected chi connectivity index (χ1v) is 8.00. The van der Waals surface area contributed by atoms with Gasteiger partial charge in [-0.15, -0.1) is 23.5 Å². The van der Waals surface area contributed by atoms with Gasteiger partial charge in [0.1, 0.15) is 0 Å². The number of rotatable bonds is 6. The maximum Gasteiger partial charge on any atom is 2.00 e. The Balaban J connectivity index is -0.000000218. The third-order valence-electron chi connectivity index (χ3n) is 1.44. The molecule has 7 heteroatoms. The van der Waals surface area contributed by atoms with Gasteiger partial charge < -0.3 is 34.8 Å². The normalized spacial score (nSPS) is 8.59. The summed E-state index contributed by atoms with van der Waals surface area (Å²) in [6, 6.07) is 0. The maximum atomic E-state index is 10.1. The Morgan fingerprint density at radius 1 is 0.882 bits per heavy atom. The fourth-order valence-electron chi connectivity index (χ4n) is 0.600. The summed E-state index contributed by atoms with van der Waals surface area (Å²) in [5.41, 5.74) is 0. The molecule has 0 aliphatic rings. The van der Waals surface area contributed by atoms with Crippen LogP contribution in [0.5, 0.6) is 0 Å². The van der Waals surface area contributed by atoms with Crippen molar-refractivity contribution >= 4 is 57.7 Å². The maximum absolute atomic E-state index is 10.1.